The number of hydrogen-bond acceptors (Lipinski definition) is 2. The first-order valence-corrected chi connectivity index (χ1v) is 6.91. The summed E-state index contributed by atoms with van der Waals surface area (Å²) in [6.07, 6.45) is 5.28. The third-order valence-corrected chi connectivity index (χ3v) is 4.05. The van der Waals surface area contributed by atoms with Gasteiger partial charge in [0.25, 0.3) is 0 Å². The maximum absolute atomic E-state index is 6.21. The van der Waals surface area contributed by atoms with Crippen molar-refractivity contribution < 1.29 is 0 Å². The smallest absolute Gasteiger partial charge is 0.00998 e. The average molecular weight is 226 g/mol. The summed E-state index contributed by atoms with van der Waals surface area (Å²) in [5, 5.41) is 0. The number of likely N-dealkylation sites (tertiary alicyclic amines) is 1. The van der Waals surface area contributed by atoms with Crippen LogP contribution in [0.1, 0.15) is 53.4 Å². The summed E-state index contributed by atoms with van der Waals surface area (Å²) in [6, 6.07) is 0.328. The molecule has 0 aromatic rings. The standard InChI is InChI=1S/C14H30N2/c1-5-12-7-6-9-16(11-12)10-8-13(15)14(2,3)4/h12-13H,5-11,15H2,1-4H3. The summed E-state index contributed by atoms with van der Waals surface area (Å²) in [7, 11) is 0. The zero-order valence-electron chi connectivity index (χ0n) is 11.6. The van der Waals surface area contributed by atoms with Crippen molar-refractivity contribution in [3.63, 3.8) is 0 Å². The first-order chi connectivity index (χ1) is 7.43. The molecule has 1 aliphatic rings. The Kier molecular flexibility index (Phi) is 5.26. The van der Waals surface area contributed by atoms with Crippen molar-refractivity contribution in [1.29, 1.82) is 0 Å². The molecule has 1 saturated heterocycles. The lowest BCUT2D eigenvalue weighted by atomic mass is 9.85. The van der Waals surface area contributed by atoms with Crippen molar-refractivity contribution in [2.45, 2.75) is 59.4 Å². The van der Waals surface area contributed by atoms with Crippen LogP contribution in [0.4, 0.5) is 0 Å². The SMILES string of the molecule is CCC1CCCN(CCC(N)C(C)(C)C)C1. The lowest BCUT2D eigenvalue weighted by molar-refractivity contribution is 0.157. The van der Waals surface area contributed by atoms with Crippen LogP contribution in [-0.4, -0.2) is 30.6 Å². The van der Waals surface area contributed by atoms with E-state index in [0.29, 0.717) is 6.04 Å². The topological polar surface area (TPSA) is 29.3 Å². The molecule has 0 aromatic heterocycles. The molecule has 1 rings (SSSR count). The number of rotatable bonds is 4. The Labute approximate surface area is 102 Å². The molecule has 2 unspecified atom stereocenters. The van der Waals surface area contributed by atoms with Crippen molar-refractivity contribution in [3.05, 3.63) is 0 Å². The number of nitrogens with zero attached hydrogens (tertiary/aromatic N) is 1. The molecule has 0 spiro atoms. The van der Waals surface area contributed by atoms with Crippen LogP contribution < -0.4 is 5.73 Å². The summed E-state index contributed by atoms with van der Waals surface area (Å²) in [6.45, 7) is 12.8. The van der Waals surface area contributed by atoms with Crippen molar-refractivity contribution in [1.82, 2.24) is 4.90 Å². The molecule has 1 heterocycles. The molecule has 2 atom stereocenters. The fourth-order valence-corrected chi connectivity index (χ4v) is 2.44. The van der Waals surface area contributed by atoms with Crippen LogP contribution in [0.15, 0.2) is 0 Å². The summed E-state index contributed by atoms with van der Waals surface area (Å²) in [5.41, 5.74) is 6.46. The minimum Gasteiger partial charge on any atom is -0.327 e. The van der Waals surface area contributed by atoms with Crippen LogP contribution in [0, 0.1) is 11.3 Å². The molecule has 0 saturated carbocycles. The number of hydrogen-bond donors (Lipinski definition) is 1. The molecule has 0 aromatic carbocycles. The molecule has 96 valence electrons. The number of piperidine rings is 1. The van der Waals surface area contributed by atoms with Gasteiger partial charge in [0.15, 0.2) is 0 Å². The Morgan fingerprint density at radius 1 is 1.38 bits per heavy atom. The van der Waals surface area contributed by atoms with E-state index in [1.807, 2.05) is 0 Å². The minimum atomic E-state index is 0.250. The fourth-order valence-electron chi connectivity index (χ4n) is 2.44. The second-order valence-corrected chi connectivity index (χ2v) is 6.48. The maximum Gasteiger partial charge on any atom is 0.00998 e. The van der Waals surface area contributed by atoms with Gasteiger partial charge in [-0.1, -0.05) is 34.1 Å². The molecule has 0 amide bonds. The van der Waals surface area contributed by atoms with Crippen LogP contribution >= 0.6 is 0 Å². The Morgan fingerprint density at radius 2 is 2.06 bits per heavy atom. The van der Waals surface area contributed by atoms with Gasteiger partial charge in [0.2, 0.25) is 0 Å². The van der Waals surface area contributed by atoms with Gasteiger partial charge in [-0.05, 0) is 43.7 Å². The molecule has 1 aliphatic heterocycles. The molecule has 1 fully saturated rings. The number of nitrogens with two attached hydrogens (primary N) is 1. The molecule has 2 N–H and O–H groups in total. The molecule has 0 bridgehead atoms. The maximum atomic E-state index is 6.21. The third kappa shape index (κ3) is 4.42. The summed E-state index contributed by atoms with van der Waals surface area (Å²) < 4.78 is 0. The predicted molar refractivity (Wildman–Crippen MR) is 71.5 cm³/mol. The lowest BCUT2D eigenvalue weighted by Gasteiger charge is -2.34. The molecular formula is C14H30N2. The monoisotopic (exact) mass is 226 g/mol. The van der Waals surface area contributed by atoms with Crippen molar-refractivity contribution >= 4 is 0 Å². The third-order valence-electron chi connectivity index (χ3n) is 4.05. The van der Waals surface area contributed by atoms with E-state index in [2.05, 4.69) is 32.6 Å². The predicted octanol–water partition coefficient (Wildman–Crippen LogP) is 2.87. The van der Waals surface area contributed by atoms with Gasteiger partial charge in [-0.25, -0.2) is 0 Å². The lowest BCUT2D eigenvalue weighted by Crippen LogP contribution is -2.41. The Bertz CT molecular complexity index is 195. The van der Waals surface area contributed by atoms with Crippen LogP contribution in [0.2, 0.25) is 0 Å². The fraction of sp³-hybridized carbons (Fsp3) is 1.00. The Hall–Kier alpha value is -0.0800. The second-order valence-electron chi connectivity index (χ2n) is 6.48. The molecule has 0 aliphatic carbocycles. The van der Waals surface area contributed by atoms with Crippen LogP contribution in [0.5, 0.6) is 0 Å². The molecular weight excluding hydrogens is 196 g/mol. The van der Waals surface area contributed by atoms with E-state index in [0.717, 1.165) is 12.3 Å². The highest BCUT2D eigenvalue weighted by atomic mass is 15.1. The van der Waals surface area contributed by atoms with Crippen molar-refractivity contribution in [3.8, 4) is 0 Å². The van der Waals surface area contributed by atoms with E-state index in [9.17, 15) is 0 Å². The summed E-state index contributed by atoms with van der Waals surface area (Å²) in [5.74, 6) is 0.930. The normalized spacial score (nSPS) is 25.7. The Morgan fingerprint density at radius 3 is 2.62 bits per heavy atom. The van der Waals surface area contributed by atoms with Crippen LogP contribution in [0.25, 0.3) is 0 Å². The van der Waals surface area contributed by atoms with Gasteiger partial charge >= 0.3 is 0 Å². The van der Waals surface area contributed by atoms with E-state index in [1.54, 1.807) is 0 Å². The summed E-state index contributed by atoms with van der Waals surface area (Å²) >= 11 is 0. The van der Waals surface area contributed by atoms with Crippen LogP contribution in [-0.2, 0) is 0 Å². The van der Waals surface area contributed by atoms with Gasteiger partial charge in [0.1, 0.15) is 0 Å². The average Bonchev–Trinajstić information content (AvgIpc) is 2.25. The van der Waals surface area contributed by atoms with E-state index >= 15 is 0 Å². The van der Waals surface area contributed by atoms with Gasteiger partial charge in [0, 0.05) is 12.6 Å². The second kappa shape index (κ2) is 6.02. The largest absolute Gasteiger partial charge is 0.327 e. The van der Waals surface area contributed by atoms with Crippen LogP contribution in [0.3, 0.4) is 0 Å². The molecule has 2 heteroatoms. The van der Waals surface area contributed by atoms with E-state index in [1.165, 1.54) is 38.9 Å². The van der Waals surface area contributed by atoms with Gasteiger partial charge in [-0.3, -0.25) is 0 Å². The quantitative estimate of drug-likeness (QED) is 0.798. The van der Waals surface area contributed by atoms with E-state index < -0.39 is 0 Å². The molecule has 0 radical (unpaired) electrons. The highest BCUT2D eigenvalue weighted by molar-refractivity contribution is 4.79. The highest BCUT2D eigenvalue weighted by Gasteiger charge is 2.23. The van der Waals surface area contributed by atoms with E-state index in [-0.39, 0.29) is 5.41 Å². The van der Waals surface area contributed by atoms with Crippen molar-refractivity contribution in [2.75, 3.05) is 19.6 Å². The van der Waals surface area contributed by atoms with E-state index in [4.69, 9.17) is 5.73 Å². The zero-order chi connectivity index (χ0) is 12.2. The van der Waals surface area contributed by atoms with Crippen molar-refractivity contribution in [2.24, 2.45) is 17.1 Å². The first-order valence-electron chi connectivity index (χ1n) is 6.91. The highest BCUT2D eigenvalue weighted by Crippen LogP contribution is 2.22. The molecule has 2 nitrogen and oxygen atoms in total. The van der Waals surface area contributed by atoms with Gasteiger partial charge in [-0.15, -0.1) is 0 Å². The zero-order valence-corrected chi connectivity index (χ0v) is 11.6. The Balaban J connectivity index is 2.27. The molecule has 16 heavy (non-hydrogen) atoms. The minimum absolute atomic E-state index is 0.250. The van der Waals surface area contributed by atoms with Gasteiger partial charge in [0.05, 0.1) is 0 Å². The first kappa shape index (κ1) is 14.0. The summed E-state index contributed by atoms with van der Waals surface area (Å²) in [4.78, 5) is 2.61. The van der Waals surface area contributed by atoms with Gasteiger partial charge in [-0.2, -0.15) is 0 Å². The van der Waals surface area contributed by atoms with Gasteiger partial charge < -0.3 is 10.6 Å².